The van der Waals surface area contributed by atoms with Gasteiger partial charge < -0.3 is 15.8 Å². The molecule has 17 heavy (non-hydrogen) atoms. The lowest BCUT2D eigenvalue weighted by molar-refractivity contribution is 0.231. The first-order valence-corrected chi connectivity index (χ1v) is 5.58. The van der Waals surface area contributed by atoms with Crippen molar-refractivity contribution >= 4 is 11.4 Å². The van der Waals surface area contributed by atoms with Gasteiger partial charge in [0.05, 0.1) is 17.5 Å². The Hall–Kier alpha value is -1.71. The van der Waals surface area contributed by atoms with Crippen LogP contribution in [0.1, 0.15) is 20.8 Å². The van der Waals surface area contributed by atoms with Gasteiger partial charge in [-0.25, -0.2) is 4.39 Å². The fourth-order valence-corrected chi connectivity index (χ4v) is 1.34. The van der Waals surface area contributed by atoms with Gasteiger partial charge in [-0.05, 0) is 20.8 Å². The molecule has 1 rings (SSSR count). The Morgan fingerprint density at radius 3 is 2.59 bits per heavy atom. The Morgan fingerprint density at radius 1 is 1.41 bits per heavy atom. The molecule has 0 saturated heterocycles. The summed E-state index contributed by atoms with van der Waals surface area (Å²) in [6.45, 7) is 9.28. The van der Waals surface area contributed by atoms with Crippen LogP contribution < -0.4 is 15.8 Å². The van der Waals surface area contributed by atoms with E-state index in [1.165, 1.54) is 6.07 Å². The molecule has 0 heterocycles. The molecule has 0 aromatic heterocycles. The van der Waals surface area contributed by atoms with Crippen LogP contribution in [0.2, 0.25) is 0 Å². The Labute approximate surface area is 101 Å². The maximum absolute atomic E-state index is 13.6. The Bertz CT molecular complexity index is 405. The van der Waals surface area contributed by atoms with Crippen molar-refractivity contribution in [1.82, 2.24) is 0 Å². The molecule has 3 nitrogen and oxygen atoms in total. The normalized spacial score (nSPS) is 12.3. The zero-order chi connectivity index (χ0) is 13.0. The summed E-state index contributed by atoms with van der Waals surface area (Å²) in [6.07, 6.45) is 1.66. The van der Waals surface area contributed by atoms with E-state index >= 15 is 0 Å². The quantitative estimate of drug-likeness (QED) is 0.611. The van der Waals surface area contributed by atoms with Crippen molar-refractivity contribution in [3.63, 3.8) is 0 Å². The molecule has 0 aliphatic heterocycles. The molecule has 3 N–H and O–H groups in total. The molecular formula is C13H19FN2O. The molecule has 0 aliphatic carbocycles. The molecular weight excluding hydrogens is 219 g/mol. The highest BCUT2D eigenvalue weighted by molar-refractivity contribution is 5.69. The summed E-state index contributed by atoms with van der Waals surface area (Å²) < 4.78 is 18.9. The summed E-state index contributed by atoms with van der Waals surface area (Å²) in [5.41, 5.74) is 6.73. The van der Waals surface area contributed by atoms with Gasteiger partial charge in [-0.2, -0.15) is 0 Å². The van der Waals surface area contributed by atoms with Crippen molar-refractivity contribution in [3.8, 4) is 5.75 Å². The fourth-order valence-electron chi connectivity index (χ4n) is 1.34. The van der Waals surface area contributed by atoms with Crippen LogP contribution in [0.4, 0.5) is 15.8 Å². The third-order valence-corrected chi connectivity index (χ3v) is 2.20. The van der Waals surface area contributed by atoms with Crippen molar-refractivity contribution in [2.45, 2.75) is 32.9 Å². The lowest BCUT2D eigenvalue weighted by atomic mass is 10.2. The second-order valence-corrected chi connectivity index (χ2v) is 4.21. The smallest absolute Gasteiger partial charge is 0.167 e. The lowest BCUT2D eigenvalue weighted by Crippen LogP contribution is -2.14. The number of ether oxygens (including phenoxy) is 1. The maximum Gasteiger partial charge on any atom is 0.167 e. The minimum absolute atomic E-state index is 0.0506. The highest BCUT2D eigenvalue weighted by Crippen LogP contribution is 2.29. The van der Waals surface area contributed by atoms with Crippen LogP contribution in [-0.4, -0.2) is 12.1 Å². The molecule has 4 heteroatoms. The second kappa shape index (κ2) is 5.57. The summed E-state index contributed by atoms with van der Waals surface area (Å²) >= 11 is 0. The van der Waals surface area contributed by atoms with Crippen LogP contribution >= 0.6 is 0 Å². The monoisotopic (exact) mass is 238 g/mol. The number of hydrogen-bond donors (Lipinski definition) is 2. The molecule has 1 aromatic carbocycles. The highest BCUT2D eigenvalue weighted by atomic mass is 19.1. The predicted octanol–water partition coefficient (Wildman–Crippen LogP) is 3.18. The summed E-state index contributed by atoms with van der Waals surface area (Å²) in [5.74, 6) is -0.249. The summed E-state index contributed by atoms with van der Waals surface area (Å²) in [4.78, 5) is 0. The van der Waals surface area contributed by atoms with Gasteiger partial charge in [0.25, 0.3) is 0 Å². The maximum atomic E-state index is 13.6. The third kappa shape index (κ3) is 3.66. The van der Waals surface area contributed by atoms with Crippen LogP contribution in [0.15, 0.2) is 24.8 Å². The standard InChI is InChI=1S/C13H19FN2O/c1-5-9(4)16-12-7-13(17-8(2)3)10(14)6-11(12)15/h5-9,16H,1,15H2,2-4H3. The molecule has 0 saturated carbocycles. The number of nitrogen functional groups attached to an aromatic ring is 1. The minimum Gasteiger partial charge on any atom is -0.488 e. The molecule has 94 valence electrons. The molecule has 0 amide bonds. The zero-order valence-electron chi connectivity index (χ0n) is 10.5. The Morgan fingerprint density at radius 2 is 2.06 bits per heavy atom. The van der Waals surface area contributed by atoms with E-state index in [0.29, 0.717) is 11.4 Å². The molecule has 0 fully saturated rings. The van der Waals surface area contributed by atoms with Gasteiger partial charge in [0.15, 0.2) is 11.6 Å². The molecule has 0 radical (unpaired) electrons. The second-order valence-electron chi connectivity index (χ2n) is 4.21. The van der Waals surface area contributed by atoms with Crippen molar-refractivity contribution in [3.05, 3.63) is 30.6 Å². The van der Waals surface area contributed by atoms with Crippen molar-refractivity contribution < 1.29 is 9.13 Å². The highest BCUT2D eigenvalue weighted by Gasteiger charge is 2.11. The van der Waals surface area contributed by atoms with E-state index in [9.17, 15) is 4.39 Å². The average Bonchev–Trinajstić information content (AvgIpc) is 2.24. The van der Waals surface area contributed by atoms with Crippen LogP contribution in [-0.2, 0) is 0 Å². The number of benzene rings is 1. The number of halogens is 1. The average molecular weight is 238 g/mol. The number of nitrogens with two attached hydrogens (primary N) is 1. The lowest BCUT2D eigenvalue weighted by Gasteiger charge is -2.17. The van der Waals surface area contributed by atoms with E-state index in [-0.39, 0.29) is 17.9 Å². The van der Waals surface area contributed by atoms with Crippen molar-refractivity contribution in [2.24, 2.45) is 0 Å². The molecule has 0 bridgehead atoms. The van der Waals surface area contributed by atoms with Gasteiger partial charge in [-0.15, -0.1) is 6.58 Å². The van der Waals surface area contributed by atoms with Gasteiger partial charge >= 0.3 is 0 Å². The first-order chi connectivity index (χ1) is 7.93. The van der Waals surface area contributed by atoms with E-state index in [4.69, 9.17) is 10.5 Å². The number of rotatable bonds is 5. The largest absolute Gasteiger partial charge is 0.488 e. The van der Waals surface area contributed by atoms with Gasteiger partial charge in [-0.1, -0.05) is 6.08 Å². The van der Waals surface area contributed by atoms with Crippen molar-refractivity contribution in [2.75, 3.05) is 11.1 Å². The first-order valence-electron chi connectivity index (χ1n) is 5.58. The first kappa shape index (κ1) is 13.4. The molecule has 1 aromatic rings. The van der Waals surface area contributed by atoms with Crippen LogP contribution in [0, 0.1) is 5.82 Å². The Kier molecular flexibility index (Phi) is 4.37. The predicted molar refractivity (Wildman–Crippen MR) is 69.9 cm³/mol. The number of anilines is 2. The zero-order valence-corrected chi connectivity index (χ0v) is 10.5. The van der Waals surface area contributed by atoms with E-state index in [2.05, 4.69) is 11.9 Å². The van der Waals surface area contributed by atoms with Crippen LogP contribution in [0.25, 0.3) is 0 Å². The van der Waals surface area contributed by atoms with E-state index < -0.39 is 5.82 Å². The van der Waals surface area contributed by atoms with Gasteiger partial charge in [0.1, 0.15) is 0 Å². The van der Waals surface area contributed by atoms with Gasteiger partial charge in [-0.3, -0.25) is 0 Å². The fraction of sp³-hybridized carbons (Fsp3) is 0.385. The summed E-state index contributed by atoms with van der Waals surface area (Å²) in [5, 5.41) is 3.11. The van der Waals surface area contributed by atoms with Crippen LogP contribution in [0.5, 0.6) is 5.75 Å². The van der Waals surface area contributed by atoms with Gasteiger partial charge in [0.2, 0.25) is 0 Å². The van der Waals surface area contributed by atoms with E-state index in [1.54, 1.807) is 12.1 Å². The molecule has 0 aliphatic rings. The van der Waals surface area contributed by atoms with E-state index in [1.807, 2.05) is 20.8 Å². The third-order valence-electron chi connectivity index (χ3n) is 2.20. The van der Waals surface area contributed by atoms with Crippen molar-refractivity contribution in [1.29, 1.82) is 0 Å². The SMILES string of the molecule is C=CC(C)Nc1cc(OC(C)C)c(F)cc1N. The minimum atomic E-state index is -0.451. The summed E-state index contributed by atoms with van der Waals surface area (Å²) in [7, 11) is 0. The summed E-state index contributed by atoms with van der Waals surface area (Å²) in [6, 6.07) is 2.88. The topological polar surface area (TPSA) is 47.3 Å². The number of nitrogens with one attached hydrogen (secondary N) is 1. The molecule has 1 unspecified atom stereocenters. The van der Waals surface area contributed by atoms with Gasteiger partial charge in [0, 0.05) is 18.2 Å². The molecule has 1 atom stereocenters. The Balaban J connectivity index is 3.01. The number of hydrogen-bond acceptors (Lipinski definition) is 3. The molecule has 0 spiro atoms. The van der Waals surface area contributed by atoms with E-state index in [0.717, 1.165) is 0 Å². The van der Waals surface area contributed by atoms with Crippen LogP contribution in [0.3, 0.4) is 0 Å².